The monoisotopic (exact) mass is 256 g/mol. The van der Waals surface area contributed by atoms with E-state index in [1.807, 2.05) is 12.1 Å². The van der Waals surface area contributed by atoms with Gasteiger partial charge in [-0.05, 0) is 45.4 Å². The second-order valence-corrected chi connectivity index (χ2v) is 7.59. The first kappa shape index (κ1) is 14.0. The molecular weight excluding hydrogens is 236 g/mol. The van der Waals surface area contributed by atoms with Crippen molar-refractivity contribution < 1.29 is 8.42 Å². The fourth-order valence-corrected chi connectivity index (χ4v) is 2.26. The molecule has 0 aromatic heterocycles. The highest BCUT2D eigenvalue weighted by Gasteiger charge is 2.30. The zero-order valence-electron chi connectivity index (χ0n) is 10.7. The lowest BCUT2D eigenvalue weighted by atomic mass is 10.1. The average Bonchev–Trinajstić information content (AvgIpc) is 2.15. The molecule has 1 unspecified atom stereocenters. The minimum atomic E-state index is -3.35. The van der Waals surface area contributed by atoms with Crippen molar-refractivity contribution in [1.82, 2.24) is 4.72 Å². The third kappa shape index (κ3) is 3.44. The Kier molecular flexibility index (Phi) is 3.84. The molecule has 0 aliphatic carbocycles. The van der Waals surface area contributed by atoms with E-state index in [0.717, 1.165) is 5.56 Å². The molecule has 17 heavy (non-hydrogen) atoms. The van der Waals surface area contributed by atoms with Crippen molar-refractivity contribution in [2.75, 3.05) is 5.73 Å². The predicted molar refractivity (Wildman–Crippen MR) is 71.1 cm³/mol. The van der Waals surface area contributed by atoms with Crippen LogP contribution in [0.5, 0.6) is 0 Å². The maximum atomic E-state index is 12.0. The molecule has 5 heteroatoms. The van der Waals surface area contributed by atoms with E-state index in [9.17, 15) is 8.42 Å². The van der Waals surface area contributed by atoms with Crippen LogP contribution in [-0.2, 0) is 10.0 Å². The molecule has 0 saturated heterocycles. The molecule has 3 N–H and O–H groups in total. The lowest BCUT2D eigenvalue weighted by molar-refractivity contribution is 0.532. The Morgan fingerprint density at radius 2 is 1.88 bits per heavy atom. The van der Waals surface area contributed by atoms with Crippen LogP contribution in [0.3, 0.4) is 0 Å². The summed E-state index contributed by atoms with van der Waals surface area (Å²) in [6.45, 7) is 6.81. The van der Waals surface area contributed by atoms with Gasteiger partial charge in [-0.1, -0.05) is 12.1 Å². The predicted octanol–water partition coefficient (Wildman–Crippen LogP) is 2.05. The van der Waals surface area contributed by atoms with Gasteiger partial charge in [-0.2, -0.15) is 0 Å². The first-order chi connectivity index (χ1) is 7.63. The van der Waals surface area contributed by atoms with Gasteiger partial charge in [0, 0.05) is 11.7 Å². The number of anilines is 1. The minimum absolute atomic E-state index is 0.289. The van der Waals surface area contributed by atoms with Crippen molar-refractivity contribution >= 4 is 15.7 Å². The highest BCUT2D eigenvalue weighted by Crippen LogP contribution is 2.20. The van der Waals surface area contributed by atoms with Crippen LogP contribution in [0.1, 0.15) is 39.3 Å². The van der Waals surface area contributed by atoms with Crippen LogP contribution in [0.2, 0.25) is 0 Å². The lowest BCUT2D eigenvalue weighted by Crippen LogP contribution is -2.40. The van der Waals surface area contributed by atoms with Crippen molar-refractivity contribution in [1.29, 1.82) is 0 Å². The zero-order valence-corrected chi connectivity index (χ0v) is 11.5. The van der Waals surface area contributed by atoms with E-state index in [1.54, 1.807) is 39.8 Å². The molecule has 0 aliphatic heterocycles. The molecule has 0 fully saturated rings. The Hall–Kier alpha value is -1.07. The van der Waals surface area contributed by atoms with Gasteiger partial charge in [-0.15, -0.1) is 0 Å². The highest BCUT2D eigenvalue weighted by molar-refractivity contribution is 7.90. The highest BCUT2D eigenvalue weighted by atomic mass is 32.2. The van der Waals surface area contributed by atoms with E-state index in [4.69, 9.17) is 5.73 Å². The van der Waals surface area contributed by atoms with Gasteiger partial charge in [-0.25, -0.2) is 13.1 Å². The average molecular weight is 256 g/mol. The third-order valence-electron chi connectivity index (χ3n) is 2.55. The van der Waals surface area contributed by atoms with Gasteiger partial charge in [0.05, 0.1) is 4.75 Å². The number of benzene rings is 1. The molecular formula is C12H20N2O2S. The maximum absolute atomic E-state index is 12.0. The first-order valence-electron chi connectivity index (χ1n) is 5.51. The van der Waals surface area contributed by atoms with E-state index in [2.05, 4.69) is 4.72 Å². The summed E-state index contributed by atoms with van der Waals surface area (Å²) in [6, 6.07) is 6.92. The second-order valence-electron chi connectivity index (χ2n) is 5.13. The topological polar surface area (TPSA) is 72.2 Å². The second kappa shape index (κ2) is 4.66. The van der Waals surface area contributed by atoms with Gasteiger partial charge in [0.25, 0.3) is 0 Å². The largest absolute Gasteiger partial charge is 0.399 e. The normalized spacial score (nSPS) is 14.6. The fraction of sp³-hybridized carbons (Fsp3) is 0.500. The molecule has 0 spiro atoms. The Balaban J connectivity index is 2.91. The van der Waals surface area contributed by atoms with Crippen LogP contribution in [0.15, 0.2) is 24.3 Å². The van der Waals surface area contributed by atoms with Crippen LogP contribution < -0.4 is 10.5 Å². The van der Waals surface area contributed by atoms with E-state index >= 15 is 0 Å². The van der Waals surface area contributed by atoms with Crippen LogP contribution in [0.25, 0.3) is 0 Å². The summed E-state index contributed by atoms with van der Waals surface area (Å²) in [5.74, 6) is 0. The summed E-state index contributed by atoms with van der Waals surface area (Å²) in [5, 5.41) is 0. The fourth-order valence-electron chi connectivity index (χ4n) is 1.31. The quantitative estimate of drug-likeness (QED) is 0.813. The summed E-state index contributed by atoms with van der Waals surface area (Å²) in [7, 11) is -3.35. The van der Waals surface area contributed by atoms with E-state index in [-0.39, 0.29) is 6.04 Å². The standard InChI is InChI=1S/C12H20N2O2S/c1-9(10-6-5-7-11(13)8-10)14-17(15,16)12(2,3)4/h5-9,14H,13H2,1-4H3. The number of nitrogens with one attached hydrogen (secondary N) is 1. The van der Waals surface area contributed by atoms with Crippen LogP contribution >= 0.6 is 0 Å². The SMILES string of the molecule is CC(NS(=O)(=O)C(C)(C)C)c1cccc(N)c1. The number of rotatable bonds is 3. The van der Waals surface area contributed by atoms with E-state index < -0.39 is 14.8 Å². The Bertz CT molecular complexity index is 489. The molecule has 0 bridgehead atoms. The molecule has 96 valence electrons. The van der Waals surface area contributed by atoms with Crippen LogP contribution in [0, 0.1) is 0 Å². The molecule has 1 atom stereocenters. The van der Waals surface area contributed by atoms with Crippen molar-refractivity contribution in [3.8, 4) is 0 Å². The molecule has 4 nitrogen and oxygen atoms in total. The number of sulfonamides is 1. The number of hydrogen-bond acceptors (Lipinski definition) is 3. The Morgan fingerprint density at radius 3 is 2.35 bits per heavy atom. The molecule has 0 aliphatic rings. The molecule has 0 amide bonds. The molecule has 1 rings (SSSR count). The molecule has 1 aromatic carbocycles. The number of hydrogen-bond donors (Lipinski definition) is 2. The molecule has 0 saturated carbocycles. The van der Waals surface area contributed by atoms with E-state index in [0.29, 0.717) is 5.69 Å². The van der Waals surface area contributed by atoms with Gasteiger partial charge in [0.2, 0.25) is 10.0 Å². The van der Waals surface area contributed by atoms with Gasteiger partial charge < -0.3 is 5.73 Å². The van der Waals surface area contributed by atoms with Gasteiger partial charge in [0.15, 0.2) is 0 Å². The zero-order chi connectivity index (χ0) is 13.3. The number of nitrogen functional groups attached to an aromatic ring is 1. The van der Waals surface area contributed by atoms with Crippen molar-refractivity contribution in [3.63, 3.8) is 0 Å². The summed E-state index contributed by atoms with van der Waals surface area (Å²) < 4.78 is 25.8. The smallest absolute Gasteiger partial charge is 0.217 e. The van der Waals surface area contributed by atoms with Crippen molar-refractivity contribution in [3.05, 3.63) is 29.8 Å². The van der Waals surface area contributed by atoms with Crippen molar-refractivity contribution in [2.45, 2.75) is 38.5 Å². The van der Waals surface area contributed by atoms with Crippen LogP contribution in [0.4, 0.5) is 5.69 Å². The maximum Gasteiger partial charge on any atom is 0.217 e. The van der Waals surface area contributed by atoms with Gasteiger partial charge in [0.1, 0.15) is 0 Å². The van der Waals surface area contributed by atoms with Gasteiger partial charge in [-0.3, -0.25) is 0 Å². The Labute approximate surface area is 103 Å². The summed E-state index contributed by atoms with van der Waals surface area (Å²) >= 11 is 0. The third-order valence-corrected chi connectivity index (χ3v) is 4.83. The summed E-state index contributed by atoms with van der Waals surface area (Å²) in [4.78, 5) is 0. The van der Waals surface area contributed by atoms with Crippen molar-refractivity contribution in [2.24, 2.45) is 0 Å². The van der Waals surface area contributed by atoms with E-state index in [1.165, 1.54) is 0 Å². The molecule has 0 heterocycles. The Morgan fingerprint density at radius 1 is 1.29 bits per heavy atom. The minimum Gasteiger partial charge on any atom is -0.399 e. The first-order valence-corrected chi connectivity index (χ1v) is 6.99. The van der Waals surface area contributed by atoms with Gasteiger partial charge >= 0.3 is 0 Å². The summed E-state index contributed by atoms with van der Waals surface area (Å²) in [5.41, 5.74) is 7.16. The molecule has 0 radical (unpaired) electrons. The summed E-state index contributed by atoms with van der Waals surface area (Å²) in [6.07, 6.45) is 0. The van der Waals surface area contributed by atoms with Crippen LogP contribution in [-0.4, -0.2) is 13.2 Å². The molecule has 1 aromatic rings. The number of nitrogens with two attached hydrogens (primary N) is 1. The lowest BCUT2D eigenvalue weighted by Gasteiger charge is -2.23.